The Labute approximate surface area is 210 Å². The summed E-state index contributed by atoms with van der Waals surface area (Å²) in [6.45, 7) is 10.7. The number of aryl methyl sites for hydroxylation is 2. The summed E-state index contributed by atoms with van der Waals surface area (Å²) in [5, 5.41) is 3.04. The number of anilines is 2. The highest BCUT2D eigenvalue weighted by molar-refractivity contribution is 7.89. The molecule has 2 heterocycles. The topological polar surface area (TPSA) is 73.0 Å². The standard InChI is InChI=1S/C27H38N4O3S/c1-3-29-17-19-30(20-18-29)24-10-13-26(22(2)21-24)28-27(32)14-9-23-7-11-25(12-8-23)35(33,34)31-15-5-4-6-16-31/h7-8,10-13,21H,3-6,9,14-20H2,1-2H3,(H,28,32). The second-order valence-corrected chi connectivity index (χ2v) is 11.5. The highest BCUT2D eigenvalue weighted by Gasteiger charge is 2.25. The molecule has 0 atom stereocenters. The van der Waals surface area contributed by atoms with E-state index in [4.69, 9.17) is 0 Å². The van der Waals surface area contributed by atoms with Gasteiger partial charge in [0, 0.05) is 57.1 Å². The number of amides is 1. The first-order chi connectivity index (χ1) is 16.9. The normalized spacial score (nSPS) is 17.9. The summed E-state index contributed by atoms with van der Waals surface area (Å²) in [6, 6.07) is 13.2. The van der Waals surface area contributed by atoms with Gasteiger partial charge in [0.15, 0.2) is 0 Å². The Morgan fingerprint density at radius 1 is 0.914 bits per heavy atom. The summed E-state index contributed by atoms with van der Waals surface area (Å²) in [5.74, 6) is -0.0394. The van der Waals surface area contributed by atoms with E-state index in [1.54, 1.807) is 16.4 Å². The Balaban J connectivity index is 1.29. The first kappa shape index (κ1) is 25.7. The van der Waals surface area contributed by atoms with Crippen molar-refractivity contribution in [3.63, 3.8) is 0 Å². The lowest BCUT2D eigenvalue weighted by Crippen LogP contribution is -2.46. The Morgan fingerprint density at radius 2 is 1.60 bits per heavy atom. The van der Waals surface area contributed by atoms with Crippen LogP contribution in [0.5, 0.6) is 0 Å². The zero-order valence-electron chi connectivity index (χ0n) is 21.0. The van der Waals surface area contributed by atoms with Crippen molar-refractivity contribution >= 4 is 27.3 Å². The Morgan fingerprint density at radius 3 is 2.23 bits per heavy atom. The minimum Gasteiger partial charge on any atom is -0.369 e. The van der Waals surface area contributed by atoms with Gasteiger partial charge in [0.05, 0.1) is 4.90 Å². The number of benzene rings is 2. The van der Waals surface area contributed by atoms with E-state index in [2.05, 4.69) is 34.2 Å². The molecule has 1 N–H and O–H groups in total. The molecule has 8 heteroatoms. The molecule has 2 aromatic rings. The van der Waals surface area contributed by atoms with E-state index in [0.717, 1.165) is 68.8 Å². The van der Waals surface area contributed by atoms with Crippen LogP contribution in [0.3, 0.4) is 0 Å². The molecule has 0 bridgehead atoms. The van der Waals surface area contributed by atoms with Gasteiger partial charge < -0.3 is 15.1 Å². The molecule has 190 valence electrons. The van der Waals surface area contributed by atoms with E-state index < -0.39 is 10.0 Å². The van der Waals surface area contributed by atoms with Crippen molar-refractivity contribution in [1.82, 2.24) is 9.21 Å². The fourth-order valence-corrected chi connectivity index (χ4v) is 6.38. The number of hydrogen-bond acceptors (Lipinski definition) is 5. The minimum atomic E-state index is -3.42. The van der Waals surface area contributed by atoms with Crippen molar-refractivity contribution in [3.8, 4) is 0 Å². The van der Waals surface area contributed by atoms with Gasteiger partial charge in [-0.15, -0.1) is 0 Å². The van der Waals surface area contributed by atoms with Crippen LogP contribution in [0.2, 0.25) is 0 Å². The van der Waals surface area contributed by atoms with Crippen LogP contribution in [0.1, 0.15) is 43.7 Å². The summed E-state index contributed by atoms with van der Waals surface area (Å²) in [6.07, 6.45) is 3.84. The van der Waals surface area contributed by atoms with Crippen LogP contribution in [0.15, 0.2) is 47.4 Å². The molecule has 35 heavy (non-hydrogen) atoms. The molecule has 0 radical (unpaired) electrons. The second kappa shape index (κ2) is 11.5. The summed E-state index contributed by atoms with van der Waals surface area (Å²) in [5.41, 5.74) is 4.06. The summed E-state index contributed by atoms with van der Waals surface area (Å²) >= 11 is 0. The van der Waals surface area contributed by atoms with Crippen molar-refractivity contribution in [1.29, 1.82) is 0 Å². The van der Waals surface area contributed by atoms with Crippen LogP contribution in [0.25, 0.3) is 0 Å². The number of likely N-dealkylation sites (N-methyl/N-ethyl adjacent to an activating group) is 1. The second-order valence-electron chi connectivity index (χ2n) is 9.58. The highest BCUT2D eigenvalue weighted by atomic mass is 32.2. The number of piperidine rings is 1. The number of carbonyl (C=O) groups is 1. The molecule has 0 aromatic heterocycles. The van der Waals surface area contributed by atoms with Crippen LogP contribution in [0.4, 0.5) is 11.4 Å². The summed E-state index contributed by atoms with van der Waals surface area (Å²) in [7, 11) is -3.42. The van der Waals surface area contributed by atoms with E-state index in [-0.39, 0.29) is 5.91 Å². The Hall–Kier alpha value is -2.42. The predicted octanol–water partition coefficient (Wildman–Crippen LogP) is 3.88. The number of nitrogens with zero attached hydrogens (tertiary/aromatic N) is 3. The van der Waals surface area contributed by atoms with Crippen molar-refractivity contribution in [2.24, 2.45) is 0 Å². The molecule has 0 aliphatic carbocycles. The first-order valence-electron chi connectivity index (χ1n) is 12.8. The first-order valence-corrected chi connectivity index (χ1v) is 14.3. The van der Waals surface area contributed by atoms with Crippen LogP contribution in [-0.4, -0.2) is 69.3 Å². The molecule has 2 saturated heterocycles. The van der Waals surface area contributed by atoms with Crippen molar-refractivity contribution in [3.05, 3.63) is 53.6 Å². The van der Waals surface area contributed by atoms with E-state index in [1.165, 1.54) is 5.69 Å². The molecule has 0 spiro atoms. The van der Waals surface area contributed by atoms with Gasteiger partial charge in [-0.1, -0.05) is 25.5 Å². The summed E-state index contributed by atoms with van der Waals surface area (Å²) in [4.78, 5) is 17.8. The average Bonchev–Trinajstić information content (AvgIpc) is 2.89. The number of rotatable bonds is 8. The maximum atomic E-state index is 12.8. The number of carbonyl (C=O) groups excluding carboxylic acids is 1. The molecule has 2 aliphatic rings. The van der Waals surface area contributed by atoms with Crippen LogP contribution in [-0.2, 0) is 21.2 Å². The fourth-order valence-electron chi connectivity index (χ4n) is 4.86. The van der Waals surface area contributed by atoms with E-state index in [0.29, 0.717) is 30.8 Å². The van der Waals surface area contributed by atoms with Crippen molar-refractivity contribution in [2.45, 2.75) is 50.8 Å². The maximum Gasteiger partial charge on any atom is 0.243 e. The molecular weight excluding hydrogens is 460 g/mol. The predicted molar refractivity (Wildman–Crippen MR) is 142 cm³/mol. The third-order valence-electron chi connectivity index (χ3n) is 7.19. The van der Waals surface area contributed by atoms with Gasteiger partial charge in [-0.25, -0.2) is 8.42 Å². The van der Waals surface area contributed by atoms with Gasteiger partial charge >= 0.3 is 0 Å². The maximum absolute atomic E-state index is 12.8. The molecule has 0 unspecified atom stereocenters. The van der Waals surface area contributed by atoms with Gasteiger partial charge in [0.25, 0.3) is 0 Å². The number of piperazine rings is 1. The van der Waals surface area contributed by atoms with Gasteiger partial charge in [-0.3, -0.25) is 4.79 Å². The van der Waals surface area contributed by atoms with E-state index >= 15 is 0 Å². The van der Waals surface area contributed by atoms with Crippen molar-refractivity contribution < 1.29 is 13.2 Å². The van der Waals surface area contributed by atoms with Crippen LogP contribution in [0, 0.1) is 6.92 Å². The van der Waals surface area contributed by atoms with E-state index in [9.17, 15) is 13.2 Å². The largest absolute Gasteiger partial charge is 0.369 e. The third kappa shape index (κ3) is 6.42. The van der Waals surface area contributed by atoms with Crippen LogP contribution >= 0.6 is 0 Å². The van der Waals surface area contributed by atoms with Gasteiger partial charge in [0.2, 0.25) is 15.9 Å². The lowest BCUT2D eigenvalue weighted by Gasteiger charge is -2.35. The lowest BCUT2D eigenvalue weighted by molar-refractivity contribution is -0.116. The molecular formula is C27H38N4O3S. The number of nitrogens with one attached hydrogen (secondary N) is 1. The third-order valence-corrected chi connectivity index (χ3v) is 9.10. The smallest absolute Gasteiger partial charge is 0.243 e. The SMILES string of the molecule is CCN1CCN(c2ccc(NC(=O)CCc3ccc(S(=O)(=O)N4CCCCC4)cc3)c(C)c2)CC1. The molecule has 2 fully saturated rings. The highest BCUT2D eigenvalue weighted by Crippen LogP contribution is 2.25. The lowest BCUT2D eigenvalue weighted by atomic mass is 10.1. The van der Waals surface area contributed by atoms with Gasteiger partial charge in [-0.2, -0.15) is 4.31 Å². The number of hydrogen-bond donors (Lipinski definition) is 1. The number of sulfonamides is 1. The fraction of sp³-hybridized carbons (Fsp3) is 0.519. The van der Waals surface area contributed by atoms with Crippen LogP contribution < -0.4 is 10.2 Å². The molecule has 1 amide bonds. The molecule has 2 aromatic carbocycles. The quantitative estimate of drug-likeness (QED) is 0.598. The molecule has 0 saturated carbocycles. The van der Waals surface area contributed by atoms with E-state index in [1.807, 2.05) is 25.1 Å². The minimum absolute atomic E-state index is 0.0394. The van der Waals surface area contributed by atoms with Gasteiger partial charge in [-0.05, 0) is 74.2 Å². The van der Waals surface area contributed by atoms with Gasteiger partial charge in [0.1, 0.15) is 0 Å². The van der Waals surface area contributed by atoms with Crippen molar-refractivity contribution in [2.75, 3.05) is 56.0 Å². The Bertz CT molecular complexity index is 1100. The Kier molecular flexibility index (Phi) is 8.46. The average molecular weight is 499 g/mol. The monoisotopic (exact) mass is 498 g/mol. The molecule has 4 rings (SSSR count). The zero-order chi connectivity index (χ0) is 24.8. The zero-order valence-corrected chi connectivity index (χ0v) is 21.8. The summed E-state index contributed by atoms with van der Waals surface area (Å²) < 4.78 is 27.2. The molecule has 7 nitrogen and oxygen atoms in total. The molecule has 2 aliphatic heterocycles.